The normalized spacial score (nSPS) is 13.8. The molecule has 1 aliphatic heterocycles. The molecule has 2 N–H and O–H groups in total. The van der Waals surface area contributed by atoms with Crippen molar-refractivity contribution in [1.29, 1.82) is 0 Å². The Balaban J connectivity index is 1.53. The fourth-order valence-electron chi connectivity index (χ4n) is 3.44. The number of anilines is 1. The lowest BCUT2D eigenvalue weighted by Crippen LogP contribution is -2.28. The van der Waals surface area contributed by atoms with E-state index in [4.69, 9.17) is 4.74 Å². The molecule has 4 rings (SSSR count). The minimum absolute atomic E-state index is 0.00797. The highest BCUT2D eigenvalue weighted by Gasteiger charge is 2.21. The Bertz CT molecular complexity index is 1150. The number of rotatable bonds is 4. The molecule has 2 amide bonds. The number of hydrogen-bond donors (Lipinski definition) is 2. The smallest absolute Gasteiger partial charge is 0.274 e. The van der Waals surface area contributed by atoms with Crippen LogP contribution >= 0.6 is 0 Å². The third kappa shape index (κ3) is 3.76. The maximum atomic E-state index is 12.9. The number of ether oxygens (including phenoxy) is 1. The summed E-state index contributed by atoms with van der Waals surface area (Å²) in [5.74, 6) is 0.105. The van der Waals surface area contributed by atoms with Crippen molar-refractivity contribution in [1.82, 2.24) is 20.3 Å². The summed E-state index contributed by atoms with van der Waals surface area (Å²) in [4.78, 5) is 25.9. The number of benzene rings is 2. The van der Waals surface area contributed by atoms with Crippen LogP contribution in [0, 0.1) is 20.8 Å². The van der Waals surface area contributed by atoms with Crippen molar-refractivity contribution in [3.63, 3.8) is 0 Å². The number of aromatic nitrogens is 3. The molecule has 1 aromatic heterocycles. The number of hydrogen-bond acceptors (Lipinski definition) is 5. The van der Waals surface area contributed by atoms with Crippen molar-refractivity contribution >= 4 is 17.5 Å². The molecule has 2 aromatic carbocycles. The summed E-state index contributed by atoms with van der Waals surface area (Å²) >= 11 is 0. The molecule has 3 aromatic rings. The molecular formula is C22H23N5O3. The molecule has 1 atom stereocenters. The zero-order valence-electron chi connectivity index (χ0n) is 17.3. The fraction of sp³-hybridized carbons (Fsp3) is 0.273. The first kappa shape index (κ1) is 19.6. The van der Waals surface area contributed by atoms with E-state index in [1.54, 1.807) is 19.1 Å². The van der Waals surface area contributed by atoms with Crippen LogP contribution in [0.4, 0.5) is 5.69 Å². The van der Waals surface area contributed by atoms with Crippen LogP contribution in [0.15, 0.2) is 36.4 Å². The number of aryl methyl sites for hydroxylation is 3. The van der Waals surface area contributed by atoms with Gasteiger partial charge in [0.2, 0.25) is 0 Å². The molecule has 0 saturated carbocycles. The highest BCUT2D eigenvalue weighted by atomic mass is 16.5. The zero-order chi connectivity index (χ0) is 21.4. The fourth-order valence-corrected chi connectivity index (χ4v) is 3.44. The van der Waals surface area contributed by atoms with Crippen LogP contribution in [0.2, 0.25) is 0 Å². The van der Waals surface area contributed by atoms with E-state index < -0.39 is 0 Å². The molecular weight excluding hydrogens is 382 g/mol. The summed E-state index contributed by atoms with van der Waals surface area (Å²) < 4.78 is 5.38. The van der Waals surface area contributed by atoms with E-state index in [9.17, 15) is 9.59 Å². The van der Waals surface area contributed by atoms with Gasteiger partial charge in [0, 0.05) is 0 Å². The van der Waals surface area contributed by atoms with Gasteiger partial charge in [-0.3, -0.25) is 9.59 Å². The first-order chi connectivity index (χ1) is 14.3. The van der Waals surface area contributed by atoms with Crippen molar-refractivity contribution in [3.05, 3.63) is 64.5 Å². The van der Waals surface area contributed by atoms with Gasteiger partial charge >= 0.3 is 0 Å². The van der Waals surface area contributed by atoms with Crippen molar-refractivity contribution in [2.45, 2.75) is 33.7 Å². The van der Waals surface area contributed by atoms with Gasteiger partial charge in [0.15, 0.2) is 12.3 Å². The maximum absolute atomic E-state index is 12.9. The van der Waals surface area contributed by atoms with Gasteiger partial charge in [-0.1, -0.05) is 23.8 Å². The summed E-state index contributed by atoms with van der Waals surface area (Å²) in [7, 11) is 0. The quantitative estimate of drug-likeness (QED) is 0.695. The van der Waals surface area contributed by atoms with Gasteiger partial charge in [-0.25, -0.2) is 0 Å². The van der Waals surface area contributed by atoms with Gasteiger partial charge in [-0.15, -0.1) is 5.10 Å². The van der Waals surface area contributed by atoms with E-state index in [1.807, 2.05) is 39.0 Å². The van der Waals surface area contributed by atoms with Gasteiger partial charge in [0.25, 0.3) is 11.8 Å². The van der Waals surface area contributed by atoms with Crippen LogP contribution in [0.3, 0.4) is 0 Å². The number of fused-ring (bicyclic) bond motifs is 1. The minimum Gasteiger partial charge on any atom is -0.482 e. The predicted octanol–water partition coefficient (Wildman–Crippen LogP) is 3.01. The lowest BCUT2D eigenvalue weighted by Gasteiger charge is -2.20. The number of carbonyl (C=O) groups excluding carboxylic acids is 2. The molecule has 0 radical (unpaired) electrons. The van der Waals surface area contributed by atoms with E-state index in [-0.39, 0.29) is 30.2 Å². The average Bonchev–Trinajstić information content (AvgIpc) is 3.08. The second-order valence-corrected chi connectivity index (χ2v) is 7.50. The number of nitrogens with zero attached hydrogens (tertiary/aromatic N) is 3. The minimum atomic E-state index is -0.311. The summed E-state index contributed by atoms with van der Waals surface area (Å²) in [6, 6.07) is 11.1. The number of amides is 2. The largest absolute Gasteiger partial charge is 0.482 e. The van der Waals surface area contributed by atoms with Gasteiger partial charge in [0.1, 0.15) is 5.75 Å². The van der Waals surface area contributed by atoms with Crippen LogP contribution in [-0.4, -0.2) is 33.4 Å². The first-order valence-electron chi connectivity index (χ1n) is 9.71. The molecule has 154 valence electrons. The van der Waals surface area contributed by atoms with Crippen LogP contribution in [0.5, 0.6) is 5.75 Å². The Labute approximate surface area is 174 Å². The SMILES string of the molecule is Cc1ccc(-n2nc(C)c(C(=O)NC(C)c3ccc4c(c3)NC(=O)CO4)n2)c(C)c1. The standard InChI is InChI=1S/C22H23N5O3/c1-12-5-7-18(13(2)9-12)27-25-15(4)21(26-27)22(29)23-14(3)16-6-8-19-17(10-16)24-20(28)11-30-19/h5-10,14H,11H2,1-4H3,(H,23,29)(H,24,28). The topological polar surface area (TPSA) is 98.1 Å². The van der Waals surface area contributed by atoms with Crippen molar-refractivity contribution < 1.29 is 14.3 Å². The molecule has 8 nitrogen and oxygen atoms in total. The van der Waals surface area contributed by atoms with E-state index in [0.717, 1.165) is 22.4 Å². The van der Waals surface area contributed by atoms with Crippen molar-refractivity contribution in [2.75, 3.05) is 11.9 Å². The lowest BCUT2D eigenvalue weighted by atomic mass is 10.1. The second kappa shape index (κ2) is 7.62. The summed E-state index contributed by atoms with van der Waals surface area (Å²) in [5, 5.41) is 14.6. The maximum Gasteiger partial charge on any atom is 0.274 e. The Kier molecular flexibility index (Phi) is 4.99. The lowest BCUT2D eigenvalue weighted by molar-refractivity contribution is -0.118. The Hall–Kier alpha value is -3.68. The molecule has 8 heteroatoms. The van der Waals surface area contributed by atoms with Gasteiger partial charge in [-0.2, -0.15) is 9.90 Å². The van der Waals surface area contributed by atoms with Crippen molar-refractivity contribution in [3.8, 4) is 11.4 Å². The molecule has 2 heterocycles. The summed E-state index contributed by atoms with van der Waals surface area (Å²) in [5.41, 5.74) is 5.28. The van der Waals surface area contributed by atoms with Crippen molar-refractivity contribution in [2.24, 2.45) is 0 Å². The molecule has 0 fully saturated rings. The van der Waals surface area contributed by atoms with E-state index >= 15 is 0 Å². The first-order valence-corrected chi connectivity index (χ1v) is 9.71. The Morgan fingerprint density at radius 1 is 1.17 bits per heavy atom. The number of nitrogens with one attached hydrogen (secondary N) is 2. The molecule has 0 spiro atoms. The average molecular weight is 405 g/mol. The van der Waals surface area contributed by atoms with Gasteiger partial charge in [0.05, 0.1) is 23.1 Å². The monoisotopic (exact) mass is 405 g/mol. The molecule has 1 unspecified atom stereocenters. The third-order valence-corrected chi connectivity index (χ3v) is 5.05. The van der Waals surface area contributed by atoms with Crippen LogP contribution < -0.4 is 15.4 Å². The molecule has 0 saturated heterocycles. The molecule has 0 aliphatic carbocycles. The second-order valence-electron chi connectivity index (χ2n) is 7.50. The Morgan fingerprint density at radius 3 is 2.73 bits per heavy atom. The van der Waals surface area contributed by atoms with Gasteiger partial charge < -0.3 is 15.4 Å². The highest BCUT2D eigenvalue weighted by molar-refractivity contribution is 5.95. The predicted molar refractivity (Wildman–Crippen MR) is 112 cm³/mol. The summed E-state index contributed by atoms with van der Waals surface area (Å²) in [6.07, 6.45) is 0. The van der Waals surface area contributed by atoms with E-state index in [1.165, 1.54) is 4.80 Å². The summed E-state index contributed by atoms with van der Waals surface area (Å²) in [6.45, 7) is 7.65. The van der Waals surface area contributed by atoms with E-state index in [2.05, 4.69) is 26.9 Å². The zero-order valence-corrected chi connectivity index (χ0v) is 17.3. The van der Waals surface area contributed by atoms with Gasteiger partial charge in [-0.05, 0) is 57.0 Å². The Morgan fingerprint density at radius 2 is 1.97 bits per heavy atom. The third-order valence-electron chi connectivity index (χ3n) is 5.05. The highest BCUT2D eigenvalue weighted by Crippen LogP contribution is 2.30. The van der Waals surface area contributed by atoms with Crippen LogP contribution in [0.25, 0.3) is 5.69 Å². The molecule has 0 bridgehead atoms. The van der Waals surface area contributed by atoms with Crippen LogP contribution in [-0.2, 0) is 4.79 Å². The number of carbonyl (C=O) groups is 2. The molecule has 1 aliphatic rings. The van der Waals surface area contributed by atoms with E-state index in [0.29, 0.717) is 17.1 Å². The van der Waals surface area contributed by atoms with Crippen LogP contribution in [0.1, 0.15) is 45.8 Å². The molecule has 30 heavy (non-hydrogen) atoms.